The van der Waals surface area contributed by atoms with Crippen LogP contribution in [0.25, 0.3) is 0 Å². The lowest BCUT2D eigenvalue weighted by molar-refractivity contribution is -0.870. The zero-order valence-corrected chi connectivity index (χ0v) is 40.3. The van der Waals surface area contributed by atoms with Crippen molar-refractivity contribution in [2.45, 2.75) is 167 Å². The van der Waals surface area contributed by atoms with Gasteiger partial charge in [-0.2, -0.15) is 0 Å². The number of carbonyl (C=O) groups excluding carboxylic acids is 2. The number of phosphoric ester groups is 1. The average molecular weight is 888 g/mol. The summed E-state index contributed by atoms with van der Waals surface area (Å²) in [6, 6.07) is 0. The number of aliphatic hydroxyl groups is 1. The molecule has 0 rings (SSSR count). The molecule has 0 saturated carbocycles. The first-order valence-corrected chi connectivity index (χ1v) is 25.0. The molecule has 62 heavy (non-hydrogen) atoms. The molecular formula is C51H86NO9P. The molecule has 1 N–H and O–H groups in total. The van der Waals surface area contributed by atoms with Gasteiger partial charge in [0.25, 0.3) is 7.82 Å². The van der Waals surface area contributed by atoms with Crippen LogP contribution in [0.15, 0.2) is 97.2 Å². The van der Waals surface area contributed by atoms with E-state index in [0.717, 1.165) is 70.6 Å². The van der Waals surface area contributed by atoms with Gasteiger partial charge in [-0.05, 0) is 83.5 Å². The highest BCUT2D eigenvalue weighted by molar-refractivity contribution is 7.45. The van der Waals surface area contributed by atoms with Crippen LogP contribution in [0.3, 0.4) is 0 Å². The summed E-state index contributed by atoms with van der Waals surface area (Å²) in [6.07, 6.45) is 52.5. The largest absolute Gasteiger partial charge is 0.756 e. The summed E-state index contributed by atoms with van der Waals surface area (Å²) in [5.41, 5.74) is 0. The second-order valence-corrected chi connectivity index (χ2v) is 18.0. The van der Waals surface area contributed by atoms with Crippen LogP contribution in [0.1, 0.15) is 155 Å². The van der Waals surface area contributed by atoms with Crippen LogP contribution in [0.5, 0.6) is 0 Å². The van der Waals surface area contributed by atoms with Crippen molar-refractivity contribution in [3.8, 4) is 0 Å². The number of hydrogen-bond acceptors (Lipinski definition) is 9. The van der Waals surface area contributed by atoms with Gasteiger partial charge in [0, 0.05) is 12.8 Å². The van der Waals surface area contributed by atoms with Crippen molar-refractivity contribution in [2.24, 2.45) is 0 Å². The highest BCUT2D eigenvalue weighted by Gasteiger charge is 2.21. The summed E-state index contributed by atoms with van der Waals surface area (Å²) in [7, 11) is 1.09. The number of allylic oxidation sites excluding steroid dienone is 15. The van der Waals surface area contributed by atoms with E-state index in [4.69, 9.17) is 18.5 Å². The molecule has 10 nitrogen and oxygen atoms in total. The number of carbonyl (C=O) groups is 2. The fourth-order valence-corrected chi connectivity index (χ4v) is 6.38. The van der Waals surface area contributed by atoms with E-state index in [1.54, 1.807) is 6.08 Å². The van der Waals surface area contributed by atoms with Crippen LogP contribution in [0.2, 0.25) is 0 Å². The molecule has 0 amide bonds. The third-order valence-corrected chi connectivity index (χ3v) is 10.5. The third kappa shape index (κ3) is 44.9. The number of quaternary nitrogens is 1. The van der Waals surface area contributed by atoms with Gasteiger partial charge in [0.2, 0.25) is 0 Å². The normalized spacial score (nSPS) is 14.9. The topological polar surface area (TPSA) is 131 Å². The van der Waals surface area contributed by atoms with Crippen molar-refractivity contribution in [3.63, 3.8) is 0 Å². The minimum Gasteiger partial charge on any atom is -0.756 e. The number of esters is 2. The molecule has 0 aromatic carbocycles. The van der Waals surface area contributed by atoms with Gasteiger partial charge < -0.3 is 33.0 Å². The molecule has 0 spiro atoms. The molecule has 0 aromatic rings. The molecule has 0 saturated heterocycles. The van der Waals surface area contributed by atoms with E-state index < -0.39 is 32.5 Å². The minimum absolute atomic E-state index is 0.0542. The number of likely N-dealkylation sites (N-methyl/N-ethyl adjacent to an activating group) is 1. The lowest BCUT2D eigenvalue weighted by atomic mass is 10.1. The number of hydrogen-bond donors (Lipinski definition) is 1. The SMILES string of the molecule is CCCCCC/C=C\C/C=C\C/C=C\CCCCCCCCC(=O)O[C@H](COC(=O)CCC/C=C\C/C=C\C/C=C\C/C=C\C=C\[C@@H](O)CC)COP(=O)([O-])OCC[N+](C)(C)C. The van der Waals surface area contributed by atoms with E-state index in [-0.39, 0.29) is 32.2 Å². The molecule has 0 heterocycles. The van der Waals surface area contributed by atoms with Gasteiger partial charge in [0.15, 0.2) is 6.10 Å². The molecule has 11 heteroatoms. The zero-order chi connectivity index (χ0) is 45.8. The highest BCUT2D eigenvalue weighted by atomic mass is 31.2. The Bertz CT molecular complexity index is 1390. The van der Waals surface area contributed by atoms with Crippen LogP contribution in [-0.2, 0) is 32.7 Å². The molecule has 1 unspecified atom stereocenters. The van der Waals surface area contributed by atoms with E-state index in [1.807, 2.05) is 52.4 Å². The lowest BCUT2D eigenvalue weighted by Gasteiger charge is -2.28. The maximum absolute atomic E-state index is 12.7. The van der Waals surface area contributed by atoms with Gasteiger partial charge in [-0.15, -0.1) is 0 Å². The molecule has 0 aliphatic heterocycles. The summed E-state index contributed by atoms with van der Waals surface area (Å²) < 4.78 is 33.9. The molecule has 0 bridgehead atoms. The maximum Gasteiger partial charge on any atom is 0.306 e. The number of phosphoric acid groups is 1. The first-order chi connectivity index (χ1) is 29.9. The predicted octanol–water partition coefficient (Wildman–Crippen LogP) is 12.1. The standard InChI is InChI=1S/C51H86NO9P/c1-6-8-9-10-11-12-13-14-15-16-17-18-19-20-25-28-31-34-37-40-43-51(55)61-49(47-60-62(56,57)59-45-44-52(3,4)5)46-58-50(54)42-39-36-33-30-27-24-22-21-23-26-29-32-35-38-41-48(53)7-2/h12-13,15-16,18-19,22-24,26,30,32-33,35,38,41,48-49,53H,6-11,14,17,20-21,25,27-29,31,34,36-37,39-40,42-47H2,1-5H3/b13-12-,16-15-,19-18-,24-22-,26-23-,33-30-,35-32-,41-38+/t48-,49+/m0/s1. The number of rotatable bonds is 41. The van der Waals surface area contributed by atoms with Gasteiger partial charge in [-0.25, -0.2) is 0 Å². The van der Waals surface area contributed by atoms with Crippen molar-refractivity contribution in [3.05, 3.63) is 97.2 Å². The van der Waals surface area contributed by atoms with Gasteiger partial charge in [0.1, 0.15) is 19.8 Å². The maximum atomic E-state index is 12.7. The van der Waals surface area contributed by atoms with Gasteiger partial charge >= 0.3 is 11.9 Å². The van der Waals surface area contributed by atoms with E-state index in [9.17, 15) is 24.2 Å². The Hall–Kier alpha value is -3.11. The van der Waals surface area contributed by atoms with Crippen molar-refractivity contribution in [2.75, 3.05) is 47.5 Å². The Morgan fingerprint density at radius 1 is 0.597 bits per heavy atom. The zero-order valence-electron chi connectivity index (χ0n) is 39.4. The summed E-state index contributed by atoms with van der Waals surface area (Å²) >= 11 is 0. The predicted molar refractivity (Wildman–Crippen MR) is 255 cm³/mol. The van der Waals surface area contributed by atoms with Gasteiger partial charge in [0.05, 0.1) is 33.9 Å². The van der Waals surface area contributed by atoms with Gasteiger partial charge in [-0.3, -0.25) is 14.2 Å². The number of nitrogens with zero attached hydrogens (tertiary/aromatic N) is 1. The van der Waals surface area contributed by atoms with Crippen LogP contribution in [-0.4, -0.2) is 81.2 Å². The Labute approximate surface area is 377 Å². The first kappa shape index (κ1) is 58.9. The fraction of sp³-hybridized carbons (Fsp3) is 0.647. The van der Waals surface area contributed by atoms with E-state index in [0.29, 0.717) is 36.7 Å². The molecule has 0 radical (unpaired) electrons. The lowest BCUT2D eigenvalue weighted by Crippen LogP contribution is -2.37. The van der Waals surface area contributed by atoms with Crippen molar-refractivity contribution in [1.29, 1.82) is 0 Å². The van der Waals surface area contributed by atoms with E-state index >= 15 is 0 Å². The molecule has 354 valence electrons. The minimum atomic E-state index is -4.66. The van der Waals surface area contributed by atoms with Gasteiger partial charge in [-0.1, -0.05) is 156 Å². The number of unbranched alkanes of at least 4 members (excludes halogenated alkanes) is 11. The molecule has 3 atom stereocenters. The van der Waals surface area contributed by atoms with Crippen molar-refractivity contribution < 1.29 is 47.2 Å². The molecule has 0 aromatic heterocycles. The third-order valence-electron chi connectivity index (χ3n) is 9.50. The van der Waals surface area contributed by atoms with Crippen LogP contribution in [0, 0.1) is 0 Å². The molecule has 0 aliphatic rings. The van der Waals surface area contributed by atoms with E-state index in [2.05, 4.69) is 73.8 Å². The molecular weight excluding hydrogens is 802 g/mol. The summed E-state index contributed by atoms with van der Waals surface area (Å²) in [5, 5.41) is 9.49. The first-order valence-electron chi connectivity index (χ1n) is 23.6. The second kappa shape index (κ2) is 41.9. The Kier molecular flexibility index (Phi) is 39.8. The quantitative estimate of drug-likeness (QED) is 0.0159. The number of aliphatic hydroxyl groups excluding tert-OH is 1. The fourth-order valence-electron chi connectivity index (χ4n) is 5.65. The van der Waals surface area contributed by atoms with Crippen molar-refractivity contribution in [1.82, 2.24) is 0 Å². The Morgan fingerprint density at radius 3 is 1.63 bits per heavy atom. The summed E-state index contributed by atoms with van der Waals surface area (Å²) in [6.45, 7) is 3.77. The smallest absolute Gasteiger partial charge is 0.306 e. The van der Waals surface area contributed by atoms with Crippen LogP contribution >= 0.6 is 7.82 Å². The number of ether oxygens (including phenoxy) is 2. The highest BCUT2D eigenvalue weighted by Crippen LogP contribution is 2.38. The Morgan fingerprint density at radius 2 is 1.08 bits per heavy atom. The molecule has 0 fully saturated rings. The average Bonchev–Trinajstić information content (AvgIpc) is 3.23. The summed E-state index contributed by atoms with van der Waals surface area (Å²) in [4.78, 5) is 37.6. The Balaban J connectivity index is 4.47. The van der Waals surface area contributed by atoms with E-state index in [1.165, 1.54) is 32.1 Å². The second-order valence-electron chi connectivity index (χ2n) is 16.6. The van der Waals surface area contributed by atoms with Crippen LogP contribution < -0.4 is 4.89 Å². The van der Waals surface area contributed by atoms with Crippen LogP contribution in [0.4, 0.5) is 0 Å². The molecule has 0 aliphatic carbocycles. The summed E-state index contributed by atoms with van der Waals surface area (Å²) in [5.74, 6) is -0.946. The monoisotopic (exact) mass is 888 g/mol. The van der Waals surface area contributed by atoms with Crippen molar-refractivity contribution >= 4 is 19.8 Å².